The zero-order valence-corrected chi connectivity index (χ0v) is 8.55. The molecule has 0 aliphatic rings. The van der Waals surface area contributed by atoms with Gasteiger partial charge in [-0.05, 0) is 9.91 Å². The number of pyridine rings is 1. The van der Waals surface area contributed by atoms with E-state index < -0.39 is 40.1 Å². The molecular weight excluding hydrogens is 272 g/mol. The number of alkyl halides is 4. The summed E-state index contributed by atoms with van der Waals surface area (Å²) in [6, 6.07) is 0. The number of aromatic nitrogens is 1. The summed E-state index contributed by atoms with van der Waals surface area (Å²) in [6.45, 7) is 0. The second kappa shape index (κ2) is 4.70. The minimum atomic E-state index is -5.27. The number of ether oxygens (including phenoxy) is 1. The molecule has 1 aromatic rings. The lowest BCUT2D eigenvalue weighted by molar-refractivity contribution is -0.393. The Hall–Kier alpha value is -1.64. The fourth-order valence-corrected chi connectivity index (χ4v) is 1.11. The SMILES string of the molecule is O=[N+]([O-])c1ncc(CCl)c(F)c1OC(F)(F)F. The van der Waals surface area contributed by atoms with Gasteiger partial charge in [0.15, 0.2) is 5.82 Å². The van der Waals surface area contributed by atoms with Crippen LogP contribution in [0.3, 0.4) is 0 Å². The molecular formula is C7H3ClF4N2O3. The summed E-state index contributed by atoms with van der Waals surface area (Å²) in [5, 5.41) is 10.4. The molecule has 5 nitrogen and oxygen atoms in total. The van der Waals surface area contributed by atoms with E-state index in [4.69, 9.17) is 11.6 Å². The molecule has 0 aromatic carbocycles. The van der Waals surface area contributed by atoms with Crippen molar-refractivity contribution in [2.45, 2.75) is 12.2 Å². The van der Waals surface area contributed by atoms with Gasteiger partial charge < -0.3 is 14.9 Å². The van der Waals surface area contributed by atoms with E-state index in [1.54, 1.807) is 0 Å². The van der Waals surface area contributed by atoms with Gasteiger partial charge in [-0.25, -0.2) is 4.39 Å². The average molecular weight is 275 g/mol. The van der Waals surface area contributed by atoms with Gasteiger partial charge in [0.2, 0.25) is 0 Å². The van der Waals surface area contributed by atoms with E-state index in [-0.39, 0.29) is 0 Å². The third-order valence-electron chi connectivity index (χ3n) is 1.56. The smallest absolute Gasteiger partial charge is 0.393 e. The maximum atomic E-state index is 13.4. The third-order valence-corrected chi connectivity index (χ3v) is 1.85. The molecule has 10 heteroatoms. The highest BCUT2D eigenvalue weighted by molar-refractivity contribution is 6.17. The first kappa shape index (κ1) is 13.4. The van der Waals surface area contributed by atoms with Crippen molar-refractivity contribution in [2.24, 2.45) is 0 Å². The van der Waals surface area contributed by atoms with Crippen LogP contribution >= 0.6 is 11.6 Å². The van der Waals surface area contributed by atoms with Crippen molar-refractivity contribution >= 4 is 17.4 Å². The van der Waals surface area contributed by atoms with E-state index in [0.29, 0.717) is 6.20 Å². The number of rotatable bonds is 3. The Morgan fingerprint density at radius 2 is 2.12 bits per heavy atom. The molecule has 0 amide bonds. The molecule has 17 heavy (non-hydrogen) atoms. The first-order valence-electron chi connectivity index (χ1n) is 3.89. The lowest BCUT2D eigenvalue weighted by Gasteiger charge is -2.10. The van der Waals surface area contributed by atoms with Crippen molar-refractivity contribution < 1.29 is 27.2 Å². The van der Waals surface area contributed by atoms with Gasteiger partial charge in [-0.1, -0.05) is 0 Å². The largest absolute Gasteiger partial charge is 0.573 e. The van der Waals surface area contributed by atoms with Gasteiger partial charge in [0.1, 0.15) is 6.20 Å². The molecule has 0 saturated heterocycles. The van der Waals surface area contributed by atoms with E-state index in [2.05, 4.69) is 9.72 Å². The average Bonchev–Trinajstić information content (AvgIpc) is 2.18. The van der Waals surface area contributed by atoms with Crippen molar-refractivity contribution in [3.05, 3.63) is 27.7 Å². The highest BCUT2D eigenvalue weighted by atomic mass is 35.5. The summed E-state index contributed by atoms with van der Waals surface area (Å²) in [5.74, 6) is -5.02. The van der Waals surface area contributed by atoms with Gasteiger partial charge in [0.25, 0.3) is 5.75 Å². The molecule has 0 saturated carbocycles. The number of nitro groups is 1. The number of hydrogen-bond acceptors (Lipinski definition) is 4. The van der Waals surface area contributed by atoms with E-state index in [1.807, 2.05) is 0 Å². The highest BCUT2D eigenvalue weighted by Crippen LogP contribution is 2.34. The summed E-state index contributed by atoms with van der Waals surface area (Å²) in [5.41, 5.74) is -0.434. The monoisotopic (exact) mass is 274 g/mol. The molecule has 0 spiro atoms. The summed E-state index contributed by atoms with van der Waals surface area (Å²) < 4.78 is 52.4. The fourth-order valence-electron chi connectivity index (χ4n) is 0.928. The minimum absolute atomic E-state index is 0.434. The van der Waals surface area contributed by atoms with E-state index in [1.165, 1.54) is 0 Å². The Labute approximate surface area is 96.1 Å². The first-order chi connectivity index (χ1) is 7.76. The molecule has 0 bridgehead atoms. The summed E-state index contributed by atoms with van der Waals surface area (Å²) in [7, 11) is 0. The number of halogens is 5. The van der Waals surface area contributed by atoms with Crippen LogP contribution in [-0.4, -0.2) is 16.3 Å². The minimum Gasteiger partial charge on any atom is -0.393 e. The maximum absolute atomic E-state index is 13.4. The third kappa shape index (κ3) is 3.16. The van der Waals surface area contributed by atoms with Crippen LogP contribution in [0.4, 0.5) is 23.4 Å². The van der Waals surface area contributed by atoms with Gasteiger partial charge in [0.05, 0.1) is 11.4 Å². The van der Waals surface area contributed by atoms with Crippen molar-refractivity contribution in [1.82, 2.24) is 4.98 Å². The molecule has 0 fully saturated rings. The summed E-state index contributed by atoms with van der Waals surface area (Å²) in [6.07, 6.45) is -4.60. The van der Waals surface area contributed by atoms with Gasteiger partial charge in [0, 0.05) is 0 Å². The number of hydrogen-bond donors (Lipinski definition) is 0. The van der Waals surface area contributed by atoms with Crippen molar-refractivity contribution in [2.75, 3.05) is 0 Å². The van der Waals surface area contributed by atoms with Crippen molar-refractivity contribution in [3.8, 4) is 5.75 Å². The highest BCUT2D eigenvalue weighted by Gasteiger charge is 2.38. The van der Waals surface area contributed by atoms with E-state index in [9.17, 15) is 27.7 Å². The zero-order chi connectivity index (χ0) is 13.2. The topological polar surface area (TPSA) is 65.3 Å². The zero-order valence-electron chi connectivity index (χ0n) is 7.79. The Bertz CT molecular complexity index is 451. The maximum Gasteiger partial charge on any atom is 0.573 e. The molecule has 0 unspecified atom stereocenters. The molecule has 0 aliphatic carbocycles. The summed E-state index contributed by atoms with van der Waals surface area (Å²) in [4.78, 5) is 12.1. The van der Waals surface area contributed by atoms with Gasteiger partial charge in [-0.15, -0.1) is 24.8 Å². The molecule has 0 aliphatic heterocycles. The Morgan fingerprint density at radius 3 is 2.53 bits per heavy atom. The van der Waals surface area contributed by atoms with Crippen LogP contribution in [0, 0.1) is 15.9 Å². The Balaban J connectivity index is 3.35. The van der Waals surface area contributed by atoms with Crippen LogP contribution in [0.15, 0.2) is 6.20 Å². The molecule has 0 radical (unpaired) electrons. The predicted octanol–water partition coefficient (Wildman–Crippen LogP) is 2.77. The quantitative estimate of drug-likeness (QED) is 0.368. The fraction of sp³-hybridized carbons (Fsp3) is 0.286. The molecule has 0 atom stereocenters. The van der Waals surface area contributed by atoms with Crippen LogP contribution in [0.25, 0.3) is 0 Å². The second-order valence-corrected chi connectivity index (χ2v) is 2.96. The Morgan fingerprint density at radius 1 is 1.53 bits per heavy atom. The Kier molecular flexibility index (Phi) is 3.71. The predicted molar refractivity (Wildman–Crippen MR) is 47.1 cm³/mol. The van der Waals surface area contributed by atoms with Crippen molar-refractivity contribution in [1.29, 1.82) is 0 Å². The lowest BCUT2D eigenvalue weighted by Crippen LogP contribution is -2.19. The first-order valence-corrected chi connectivity index (χ1v) is 4.43. The van der Waals surface area contributed by atoms with Gasteiger partial charge in [-0.2, -0.15) is 0 Å². The van der Waals surface area contributed by atoms with Crippen molar-refractivity contribution in [3.63, 3.8) is 0 Å². The molecule has 1 heterocycles. The van der Waals surface area contributed by atoms with Crippen LogP contribution < -0.4 is 4.74 Å². The van der Waals surface area contributed by atoms with Crippen LogP contribution in [0.2, 0.25) is 0 Å². The van der Waals surface area contributed by atoms with Gasteiger partial charge >= 0.3 is 12.2 Å². The van der Waals surface area contributed by atoms with Crippen LogP contribution in [0.1, 0.15) is 5.56 Å². The molecule has 1 aromatic heterocycles. The second-order valence-electron chi connectivity index (χ2n) is 2.69. The standard InChI is InChI=1S/C7H3ClF4N2O3/c8-1-3-2-13-6(14(15)16)5(4(3)9)17-7(10,11)12/h2H,1H2. The lowest BCUT2D eigenvalue weighted by atomic mass is 10.3. The van der Waals surface area contributed by atoms with E-state index >= 15 is 0 Å². The normalized spacial score (nSPS) is 11.4. The summed E-state index contributed by atoms with van der Waals surface area (Å²) >= 11 is 5.22. The molecule has 1 rings (SSSR count). The van der Waals surface area contributed by atoms with Crippen LogP contribution in [-0.2, 0) is 5.88 Å². The number of nitrogens with zero attached hydrogens (tertiary/aromatic N) is 2. The van der Waals surface area contributed by atoms with Gasteiger partial charge in [-0.3, -0.25) is 0 Å². The molecule has 94 valence electrons. The van der Waals surface area contributed by atoms with Crippen LogP contribution in [0.5, 0.6) is 5.75 Å². The molecule has 0 N–H and O–H groups in total. The van der Waals surface area contributed by atoms with E-state index in [0.717, 1.165) is 0 Å².